The van der Waals surface area contributed by atoms with Crippen LogP contribution in [0.4, 0.5) is 4.79 Å². The summed E-state index contributed by atoms with van der Waals surface area (Å²) in [7, 11) is 0. The van der Waals surface area contributed by atoms with Crippen molar-refractivity contribution in [1.29, 1.82) is 0 Å². The van der Waals surface area contributed by atoms with E-state index in [1.807, 2.05) is 0 Å². The molecule has 4 atom stereocenters. The van der Waals surface area contributed by atoms with Crippen LogP contribution in [0.1, 0.15) is 51.9 Å². The minimum absolute atomic E-state index is 0.00542. The SMILES string of the molecule is CC1CCCC1CNC(=O)NC1CCCC(C(=O)O)C1. The fourth-order valence-electron chi connectivity index (χ4n) is 3.53. The van der Waals surface area contributed by atoms with Crippen LogP contribution < -0.4 is 10.6 Å². The molecular weight excluding hydrogens is 256 g/mol. The lowest BCUT2D eigenvalue weighted by Gasteiger charge is -2.27. The largest absolute Gasteiger partial charge is 0.481 e. The van der Waals surface area contributed by atoms with Crippen molar-refractivity contribution in [2.24, 2.45) is 17.8 Å². The second-order valence-electron chi connectivity index (χ2n) is 6.42. The molecule has 5 heteroatoms. The highest BCUT2D eigenvalue weighted by atomic mass is 16.4. The van der Waals surface area contributed by atoms with Crippen LogP contribution in [-0.4, -0.2) is 29.7 Å². The van der Waals surface area contributed by atoms with E-state index in [1.165, 1.54) is 19.3 Å². The van der Waals surface area contributed by atoms with E-state index in [1.54, 1.807) is 0 Å². The van der Waals surface area contributed by atoms with Crippen LogP contribution in [0.2, 0.25) is 0 Å². The average Bonchev–Trinajstić information content (AvgIpc) is 2.82. The van der Waals surface area contributed by atoms with Crippen molar-refractivity contribution < 1.29 is 14.7 Å². The van der Waals surface area contributed by atoms with Gasteiger partial charge in [-0.15, -0.1) is 0 Å². The van der Waals surface area contributed by atoms with Gasteiger partial charge in [0.15, 0.2) is 0 Å². The van der Waals surface area contributed by atoms with Crippen LogP contribution in [-0.2, 0) is 4.79 Å². The summed E-state index contributed by atoms with van der Waals surface area (Å²) in [5.41, 5.74) is 0. The fourth-order valence-corrected chi connectivity index (χ4v) is 3.53. The van der Waals surface area contributed by atoms with E-state index >= 15 is 0 Å². The maximum atomic E-state index is 11.9. The van der Waals surface area contributed by atoms with E-state index < -0.39 is 5.97 Å². The van der Waals surface area contributed by atoms with Crippen molar-refractivity contribution in [2.75, 3.05) is 6.54 Å². The molecule has 0 heterocycles. The first-order chi connectivity index (χ1) is 9.56. The maximum Gasteiger partial charge on any atom is 0.315 e. The van der Waals surface area contributed by atoms with Crippen LogP contribution in [0.3, 0.4) is 0 Å². The third-order valence-corrected chi connectivity index (χ3v) is 4.92. The molecule has 3 N–H and O–H groups in total. The summed E-state index contributed by atoms with van der Waals surface area (Å²) >= 11 is 0. The minimum Gasteiger partial charge on any atom is -0.481 e. The lowest BCUT2D eigenvalue weighted by Crippen LogP contribution is -2.46. The van der Waals surface area contributed by atoms with Gasteiger partial charge < -0.3 is 15.7 Å². The van der Waals surface area contributed by atoms with Crippen molar-refractivity contribution >= 4 is 12.0 Å². The number of urea groups is 1. The van der Waals surface area contributed by atoms with E-state index in [-0.39, 0.29) is 18.0 Å². The Balaban J connectivity index is 1.69. The first-order valence-electron chi connectivity index (χ1n) is 7.83. The predicted molar refractivity (Wildman–Crippen MR) is 76.4 cm³/mol. The second-order valence-corrected chi connectivity index (χ2v) is 6.42. The normalized spacial score (nSPS) is 33.6. The van der Waals surface area contributed by atoms with Crippen molar-refractivity contribution in [3.05, 3.63) is 0 Å². The van der Waals surface area contributed by atoms with Crippen molar-refractivity contribution in [1.82, 2.24) is 10.6 Å². The van der Waals surface area contributed by atoms with Gasteiger partial charge in [0.25, 0.3) is 0 Å². The molecule has 0 radical (unpaired) electrons. The predicted octanol–water partition coefficient (Wildman–Crippen LogP) is 2.37. The fraction of sp³-hybridized carbons (Fsp3) is 0.867. The molecular formula is C15H26N2O3. The summed E-state index contributed by atoms with van der Waals surface area (Å²) in [5.74, 6) is 0.251. The third-order valence-electron chi connectivity index (χ3n) is 4.92. The summed E-state index contributed by atoms with van der Waals surface area (Å²) in [5, 5.41) is 14.9. The third kappa shape index (κ3) is 4.12. The number of carboxylic acid groups (broad SMARTS) is 1. The van der Waals surface area contributed by atoms with Gasteiger partial charge in [-0.3, -0.25) is 4.79 Å². The number of carbonyl (C=O) groups excluding carboxylic acids is 1. The Hall–Kier alpha value is -1.26. The molecule has 2 saturated carbocycles. The van der Waals surface area contributed by atoms with Gasteiger partial charge in [0.1, 0.15) is 0 Å². The number of amides is 2. The number of nitrogens with one attached hydrogen (secondary N) is 2. The lowest BCUT2D eigenvalue weighted by molar-refractivity contribution is -0.143. The Bertz CT molecular complexity index is 359. The molecule has 0 bridgehead atoms. The summed E-state index contributed by atoms with van der Waals surface area (Å²) in [4.78, 5) is 22.9. The molecule has 2 amide bonds. The van der Waals surface area contributed by atoms with Crippen LogP contribution >= 0.6 is 0 Å². The molecule has 0 spiro atoms. The first-order valence-corrected chi connectivity index (χ1v) is 7.83. The van der Waals surface area contributed by atoms with Gasteiger partial charge in [-0.05, 0) is 37.5 Å². The highest BCUT2D eigenvalue weighted by molar-refractivity contribution is 5.74. The van der Waals surface area contributed by atoms with E-state index in [0.717, 1.165) is 25.8 Å². The highest BCUT2D eigenvalue weighted by Crippen LogP contribution is 2.30. The zero-order valence-electron chi connectivity index (χ0n) is 12.2. The summed E-state index contributed by atoms with van der Waals surface area (Å²) in [6.45, 7) is 2.98. The maximum absolute atomic E-state index is 11.9. The quantitative estimate of drug-likeness (QED) is 0.740. The number of aliphatic carboxylic acids is 1. The molecule has 0 aliphatic heterocycles. The number of hydrogen-bond donors (Lipinski definition) is 3. The Morgan fingerprint density at radius 2 is 1.90 bits per heavy atom. The smallest absolute Gasteiger partial charge is 0.315 e. The van der Waals surface area contributed by atoms with Gasteiger partial charge in [0.2, 0.25) is 0 Å². The van der Waals surface area contributed by atoms with Crippen LogP contribution in [0.5, 0.6) is 0 Å². The van der Waals surface area contributed by atoms with Gasteiger partial charge in [-0.25, -0.2) is 4.79 Å². The number of carbonyl (C=O) groups is 2. The van der Waals surface area contributed by atoms with Crippen molar-refractivity contribution in [3.63, 3.8) is 0 Å². The zero-order valence-corrected chi connectivity index (χ0v) is 12.2. The van der Waals surface area contributed by atoms with E-state index in [2.05, 4.69) is 17.6 Å². The van der Waals surface area contributed by atoms with Crippen molar-refractivity contribution in [3.8, 4) is 0 Å². The standard InChI is InChI=1S/C15H26N2O3/c1-10-4-2-6-12(10)9-16-15(20)17-13-7-3-5-11(8-13)14(18)19/h10-13H,2-9H2,1H3,(H,18,19)(H2,16,17,20). The minimum atomic E-state index is -0.739. The molecule has 2 rings (SSSR count). The first kappa shape index (κ1) is 15.1. The number of hydrogen-bond acceptors (Lipinski definition) is 2. The van der Waals surface area contributed by atoms with Crippen LogP contribution in [0.15, 0.2) is 0 Å². The molecule has 20 heavy (non-hydrogen) atoms. The number of rotatable bonds is 4. The summed E-state index contributed by atoms with van der Waals surface area (Å²) < 4.78 is 0. The van der Waals surface area contributed by atoms with E-state index in [0.29, 0.717) is 18.3 Å². The van der Waals surface area contributed by atoms with E-state index in [4.69, 9.17) is 5.11 Å². The Labute approximate surface area is 120 Å². The molecule has 2 aliphatic carbocycles. The molecule has 2 aliphatic rings. The van der Waals surface area contributed by atoms with Gasteiger partial charge in [-0.1, -0.05) is 26.2 Å². The number of carboxylic acids is 1. The highest BCUT2D eigenvalue weighted by Gasteiger charge is 2.28. The van der Waals surface area contributed by atoms with Gasteiger partial charge in [-0.2, -0.15) is 0 Å². The van der Waals surface area contributed by atoms with Crippen molar-refractivity contribution in [2.45, 2.75) is 57.9 Å². The molecule has 2 fully saturated rings. The molecule has 114 valence electrons. The monoisotopic (exact) mass is 282 g/mol. The molecule has 5 nitrogen and oxygen atoms in total. The molecule has 0 aromatic carbocycles. The van der Waals surface area contributed by atoms with Gasteiger partial charge in [0, 0.05) is 12.6 Å². The Kier molecular flexibility index (Phi) is 5.26. The van der Waals surface area contributed by atoms with Crippen LogP contribution in [0.25, 0.3) is 0 Å². The lowest BCUT2D eigenvalue weighted by atomic mass is 9.86. The molecule has 4 unspecified atom stereocenters. The van der Waals surface area contributed by atoms with Crippen LogP contribution in [0, 0.1) is 17.8 Å². The van der Waals surface area contributed by atoms with E-state index in [9.17, 15) is 9.59 Å². The Morgan fingerprint density at radius 3 is 2.55 bits per heavy atom. The van der Waals surface area contributed by atoms with Gasteiger partial charge in [0.05, 0.1) is 5.92 Å². The topological polar surface area (TPSA) is 78.4 Å². The average molecular weight is 282 g/mol. The summed E-state index contributed by atoms with van der Waals surface area (Å²) in [6.07, 6.45) is 6.77. The molecule has 0 aromatic rings. The molecule has 0 aromatic heterocycles. The molecule has 0 saturated heterocycles. The summed E-state index contributed by atoms with van der Waals surface area (Å²) in [6, 6.07) is -0.133. The van der Waals surface area contributed by atoms with Gasteiger partial charge >= 0.3 is 12.0 Å². The Morgan fingerprint density at radius 1 is 1.15 bits per heavy atom. The zero-order chi connectivity index (χ0) is 14.5. The second kappa shape index (κ2) is 6.95.